The largest absolute Gasteiger partial charge is 0.361 e. The molecule has 1 aliphatic rings. The fourth-order valence-electron chi connectivity index (χ4n) is 4.39. The Morgan fingerprint density at radius 1 is 0.967 bits per heavy atom. The third kappa shape index (κ3) is 4.00. The summed E-state index contributed by atoms with van der Waals surface area (Å²) in [5, 5.41) is 11.1. The first kappa shape index (κ1) is 19.7. The van der Waals surface area contributed by atoms with E-state index in [2.05, 4.69) is 33.3 Å². The van der Waals surface area contributed by atoms with E-state index in [1.807, 2.05) is 36.4 Å². The van der Waals surface area contributed by atoms with Crippen molar-refractivity contribution in [3.8, 4) is 5.69 Å². The van der Waals surface area contributed by atoms with Crippen molar-refractivity contribution in [1.29, 1.82) is 0 Å². The van der Waals surface area contributed by atoms with Gasteiger partial charge in [-0.15, -0.1) is 0 Å². The SMILES string of the molecule is Clc1cccc(-n2nc(C3CCNCC3)cc2CCc2c[nH]c3ccc(Cl)cc23)c1. The lowest BCUT2D eigenvalue weighted by Crippen LogP contribution is -2.26. The summed E-state index contributed by atoms with van der Waals surface area (Å²) < 4.78 is 2.07. The van der Waals surface area contributed by atoms with Gasteiger partial charge in [0.15, 0.2) is 0 Å². The number of rotatable bonds is 5. The number of aromatic nitrogens is 3. The van der Waals surface area contributed by atoms with Gasteiger partial charge in [-0.25, -0.2) is 4.68 Å². The summed E-state index contributed by atoms with van der Waals surface area (Å²) >= 11 is 12.5. The molecule has 5 rings (SSSR count). The molecule has 3 heterocycles. The minimum atomic E-state index is 0.511. The first-order valence-electron chi connectivity index (χ1n) is 10.5. The lowest BCUT2D eigenvalue weighted by atomic mass is 9.94. The molecule has 0 bridgehead atoms. The predicted octanol–water partition coefficient (Wildman–Crippen LogP) is 5.91. The van der Waals surface area contributed by atoms with Gasteiger partial charge in [0.25, 0.3) is 0 Å². The van der Waals surface area contributed by atoms with Gasteiger partial charge >= 0.3 is 0 Å². The molecular weight excluding hydrogens is 415 g/mol. The normalized spacial score (nSPS) is 15.1. The fraction of sp³-hybridized carbons (Fsp3) is 0.292. The molecule has 30 heavy (non-hydrogen) atoms. The zero-order chi connectivity index (χ0) is 20.5. The van der Waals surface area contributed by atoms with Crippen LogP contribution in [-0.2, 0) is 12.8 Å². The smallest absolute Gasteiger partial charge is 0.0663 e. The van der Waals surface area contributed by atoms with Crippen molar-refractivity contribution in [1.82, 2.24) is 20.1 Å². The second-order valence-electron chi connectivity index (χ2n) is 7.98. The van der Waals surface area contributed by atoms with Crippen LogP contribution in [0, 0.1) is 0 Å². The Morgan fingerprint density at radius 2 is 1.80 bits per heavy atom. The second-order valence-corrected chi connectivity index (χ2v) is 8.85. The predicted molar refractivity (Wildman–Crippen MR) is 124 cm³/mol. The Labute approximate surface area is 186 Å². The highest BCUT2D eigenvalue weighted by molar-refractivity contribution is 6.31. The number of piperidine rings is 1. The molecule has 4 nitrogen and oxygen atoms in total. The summed E-state index contributed by atoms with van der Waals surface area (Å²) in [5.41, 5.74) is 5.80. The van der Waals surface area contributed by atoms with Crippen LogP contribution >= 0.6 is 23.2 Å². The van der Waals surface area contributed by atoms with Crippen molar-refractivity contribution >= 4 is 34.1 Å². The van der Waals surface area contributed by atoms with Gasteiger partial charge in [0.05, 0.1) is 11.4 Å². The molecular formula is C24H24Cl2N4. The van der Waals surface area contributed by atoms with E-state index in [0.29, 0.717) is 5.92 Å². The zero-order valence-corrected chi connectivity index (χ0v) is 18.2. The van der Waals surface area contributed by atoms with Crippen LogP contribution in [0.1, 0.15) is 35.7 Å². The van der Waals surface area contributed by atoms with Gasteiger partial charge in [0, 0.05) is 38.8 Å². The second kappa shape index (κ2) is 8.46. The van der Waals surface area contributed by atoms with E-state index in [0.717, 1.165) is 60.0 Å². The number of halogens is 2. The third-order valence-corrected chi connectivity index (χ3v) is 6.46. The molecule has 4 aromatic rings. The van der Waals surface area contributed by atoms with Gasteiger partial charge in [-0.1, -0.05) is 29.3 Å². The number of nitrogens with one attached hydrogen (secondary N) is 2. The van der Waals surface area contributed by atoms with Crippen molar-refractivity contribution in [2.24, 2.45) is 0 Å². The van der Waals surface area contributed by atoms with Crippen LogP contribution in [0.5, 0.6) is 0 Å². The lowest BCUT2D eigenvalue weighted by Gasteiger charge is -2.20. The first-order chi connectivity index (χ1) is 14.7. The van der Waals surface area contributed by atoms with Crippen LogP contribution in [0.4, 0.5) is 0 Å². The number of nitrogens with zero attached hydrogens (tertiary/aromatic N) is 2. The number of H-pyrrole nitrogens is 1. The molecule has 0 amide bonds. The van der Waals surface area contributed by atoms with Crippen LogP contribution in [0.2, 0.25) is 10.0 Å². The van der Waals surface area contributed by atoms with Crippen molar-refractivity contribution in [3.05, 3.63) is 81.7 Å². The maximum Gasteiger partial charge on any atom is 0.0663 e. The highest BCUT2D eigenvalue weighted by Crippen LogP contribution is 2.28. The average Bonchev–Trinajstić information content (AvgIpc) is 3.37. The van der Waals surface area contributed by atoms with E-state index in [1.165, 1.54) is 22.3 Å². The Hall–Kier alpha value is -2.27. The van der Waals surface area contributed by atoms with Gasteiger partial charge in [-0.3, -0.25) is 0 Å². The highest BCUT2D eigenvalue weighted by Gasteiger charge is 2.20. The summed E-state index contributed by atoms with van der Waals surface area (Å²) in [4.78, 5) is 3.36. The van der Waals surface area contributed by atoms with E-state index in [4.69, 9.17) is 28.3 Å². The summed E-state index contributed by atoms with van der Waals surface area (Å²) in [6.45, 7) is 2.11. The molecule has 1 fully saturated rings. The summed E-state index contributed by atoms with van der Waals surface area (Å²) in [7, 11) is 0. The number of hydrogen-bond acceptors (Lipinski definition) is 2. The van der Waals surface area contributed by atoms with Crippen molar-refractivity contribution in [2.45, 2.75) is 31.6 Å². The van der Waals surface area contributed by atoms with E-state index in [1.54, 1.807) is 0 Å². The van der Waals surface area contributed by atoms with Gasteiger partial charge in [0.1, 0.15) is 0 Å². The molecule has 1 saturated heterocycles. The summed E-state index contributed by atoms with van der Waals surface area (Å²) in [6, 6.07) is 16.2. The molecule has 0 radical (unpaired) electrons. The van der Waals surface area contributed by atoms with Gasteiger partial charge < -0.3 is 10.3 Å². The molecule has 0 unspecified atom stereocenters. The Bertz CT molecular complexity index is 1170. The number of aryl methyl sites for hydroxylation is 2. The molecule has 2 aromatic carbocycles. The zero-order valence-electron chi connectivity index (χ0n) is 16.7. The number of fused-ring (bicyclic) bond motifs is 1. The van der Waals surface area contributed by atoms with Crippen LogP contribution in [0.15, 0.2) is 54.7 Å². The van der Waals surface area contributed by atoms with Crippen LogP contribution < -0.4 is 5.32 Å². The molecule has 0 spiro atoms. The summed E-state index contributed by atoms with van der Waals surface area (Å²) in [6.07, 6.45) is 6.16. The van der Waals surface area contributed by atoms with Crippen LogP contribution in [0.3, 0.4) is 0 Å². The van der Waals surface area contributed by atoms with E-state index < -0.39 is 0 Å². The summed E-state index contributed by atoms with van der Waals surface area (Å²) in [5.74, 6) is 0.511. The Kier molecular flexibility index (Phi) is 5.55. The Balaban J connectivity index is 1.47. The van der Waals surface area contributed by atoms with Gasteiger partial charge in [-0.2, -0.15) is 5.10 Å². The van der Waals surface area contributed by atoms with Crippen LogP contribution in [-0.4, -0.2) is 27.9 Å². The minimum absolute atomic E-state index is 0.511. The fourth-order valence-corrected chi connectivity index (χ4v) is 4.74. The number of benzene rings is 2. The van der Waals surface area contributed by atoms with Crippen LogP contribution in [0.25, 0.3) is 16.6 Å². The first-order valence-corrected chi connectivity index (χ1v) is 11.2. The molecule has 0 saturated carbocycles. The maximum atomic E-state index is 6.28. The average molecular weight is 439 g/mol. The number of aromatic amines is 1. The topological polar surface area (TPSA) is 45.6 Å². The van der Waals surface area contributed by atoms with E-state index >= 15 is 0 Å². The molecule has 2 N–H and O–H groups in total. The molecule has 2 aromatic heterocycles. The lowest BCUT2D eigenvalue weighted by molar-refractivity contribution is 0.451. The standard InChI is InChI=1S/C24H24Cl2N4/c25-18-2-1-3-20(12-18)30-21(14-24(29-30)16-8-10-27-11-9-16)6-4-17-15-28-23-7-5-19(26)13-22(17)23/h1-3,5,7,12-16,27-28H,4,6,8-11H2. The van der Waals surface area contributed by atoms with Gasteiger partial charge in [0.2, 0.25) is 0 Å². The molecule has 0 atom stereocenters. The van der Waals surface area contributed by atoms with Crippen molar-refractivity contribution in [3.63, 3.8) is 0 Å². The third-order valence-electron chi connectivity index (χ3n) is 5.99. The molecule has 154 valence electrons. The van der Waals surface area contributed by atoms with Gasteiger partial charge in [-0.05, 0) is 86.8 Å². The van der Waals surface area contributed by atoms with E-state index in [9.17, 15) is 0 Å². The number of hydrogen-bond donors (Lipinski definition) is 2. The quantitative estimate of drug-likeness (QED) is 0.406. The molecule has 1 aliphatic heterocycles. The Morgan fingerprint density at radius 3 is 2.63 bits per heavy atom. The van der Waals surface area contributed by atoms with Crippen molar-refractivity contribution in [2.75, 3.05) is 13.1 Å². The highest BCUT2D eigenvalue weighted by atomic mass is 35.5. The minimum Gasteiger partial charge on any atom is -0.361 e. The molecule has 0 aliphatic carbocycles. The monoisotopic (exact) mass is 438 g/mol. The van der Waals surface area contributed by atoms with Crippen molar-refractivity contribution < 1.29 is 0 Å². The maximum absolute atomic E-state index is 6.28. The molecule has 6 heteroatoms. The van der Waals surface area contributed by atoms with E-state index in [-0.39, 0.29) is 0 Å².